The molecule has 5 heteroatoms. The van der Waals surface area contributed by atoms with Crippen LogP contribution in [0.3, 0.4) is 0 Å². The molecule has 0 heterocycles. The van der Waals surface area contributed by atoms with Crippen molar-refractivity contribution in [2.75, 3.05) is 6.54 Å². The highest BCUT2D eigenvalue weighted by atomic mass is 35.5. The molecule has 2 aromatic rings. The molecule has 4 nitrogen and oxygen atoms in total. The first-order valence-corrected chi connectivity index (χ1v) is 7.98. The number of rotatable bonds is 5. The van der Waals surface area contributed by atoms with Crippen molar-refractivity contribution in [1.29, 1.82) is 0 Å². The van der Waals surface area contributed by atoms with Crippen molar-refractivity contribution in [3.05, 3.63) is 53.1 Å². The SMILES string of the molecule is O=C(NCC(O)C1CC1)c1cc(-c2ccccc2)cc(Cl)c1O. The summed E-state index contributed by atoms with van der Waals surface area (Å²) in [6.45, 7) is 0.177. The molecule has 1 aliphatic carbocycles. The third kappa shape index (κ3) is 3.66. The fraction of sp³-hybridized carbons (Fsp3) is 0.278. The predicted molar refractivity (Wildman–Crippen MR) is 89.6 cm³/mol. The van der Waals surface area contributed by atoms with Crippen molar-refractivity contribution >= 4 is 17.5 Å². The summed E-state index contributed by atoms with van der Waals surface area (Å²) in [6, 6.07) is 12.7. The molecule has 1 aliphatic rings. The number of phenolic OH excluding ortho intramolecular Hbond substituents is 1. The zero-order valence-corrected chi connectivity index (χ0v) is 13.3. The largest absolute Gasteiger partial charge is 0.506 e. The third-order valence-electron chi connectivity index (χ3n) is 4.05. The Hall–Kier alpha value is -2.04. The number of amides is 1. The van der Waals surface area contributed by atoms with E-state index in [-0.39, 0.29) is 28.8 Å². The van der Waals surface area contributed by atoms with Crippen LogP contribution in [0.4, 0.5) is 0 Å². The Kier molecular flexibility index (Phi) is 4.55. The first kappa shape index (κ1) is 15.8. The smallest absolute Gasteiger partial charge is 0.255 e. The minimum atomic E-state index is -0.533. The van der Waals surface area contributed by atoms with Crippen molar-refractivity contribution < 1.29 is 15.0 Å². The second-order valence-corrected chi connectivity index (χ2v) is 6.24. The second kappa shape index (κ2) is 6.60. The van der Waals surface area contributed by atoms with E-state index in [1.165, 1.54) is 0 Å². The molecule has 1 amide bonds. The van der Waals surface area contributed by atoms with Gasteiger partial charge in [0.15, 0.2) is 0 Å². The van der Waals surface area contributed by atoms with Crippen LogP contribution in [0.25, 0.3) is 11.1 Å². The van der Waals surface area contributed by atoms with Gasteiger partial charge in [0.05, 0.1) is 16.7 Å². The average Bonchev–Trinajstić information content (AvgIpc) is 3.40. The van der Waals surface area contributed by atoms with Gasteiger partial charge < -0.3 is 15.5 Å². The molecule has 1 saturated carbocycles. The fourth-order valence-corrected chi connectivity index (χ4v) is 2.73. The van der Waals surface area contributed by atoms with E-state index in [2.05, 4.69) is 5.32 Å². The van der Waals surface area contributed by atoms with Crippen molar-refractivity contribution in [3.8, 4) is 16.9 Å². The van der Waals surface area contributed by atoms with Gasteiger partial charge in [-0.15, -0.1) is 0 Å². The Labute approximate surface area is 139 Å². The standard InChI is InChI=1S/C18H18ClNO3/c19-15-9-13(11-4-2-1-3-5-11)8-14(17(15)22)18(23)20-10-16(21)12-6-7-12/h1-5,8-9,12,16,21-22H,6-7,10H2,(H,20,23). The molecule has 23 heavy (non-hydrogen) atoms. The number of aliphatic hydroxyl groups is 1. The van der Waals surface area contributed by atoms with Gasteiger partial charge in [-0.3, -0.25) is 4.79 Å². The zero-order valence-electron chi connectivity index (χ0n) is 12.5. The molecule has 1 fully saturated rings. The number of benzene rings is 2. The van der Waals surface area contributed by atoms with Gasteiger partial charge in [-0.1, -0.05) is 41.9 Å². The fourth-order valence-electron chi connectivity index (χ4n) is 2.51. The predicted octanol–water partition coefficient (Wildman–Crippen LogP) is 3.21. The van der Waals surface area contributed by atoms with E-state index in [1.807, 2.05) is 30.3 Å². The van der Waals surface area contributed by atoms with Crippen molar-refractivity contribution in [2.45, 2.75) is 18.9 Å². The summed E-state index contributed by atoms with van der Waals surface area (Å²) in [5.41, 5.74) is 1.77. The Morgan fingerprint density at radius 3 is 2.57 bits per heavy atom. The van der Waals surface area contributed by atoms with Crippen LogP contribution in [0.15, 0.2) is 42.5 Å². The third-order valence-corrected chi connectivity index (χ3v) is 4.34. The monoisotopic (exact) mass is 331 g/mol. The quantitative estimate of drug-likeness (QED) is 0.788. The molecular formula is C18H18ClNO3. The summed E-state index contributed by atoms with van der Waals surface area (Å²) < 4.78 is 0. The summed E-state index contributed by atoms with van der Waals surface area (Å²) in [6.07, 6.45) is 1.46. The second-order valence-electron chi connectivity index (χ2n) is 5.84. The molecule has 1 atom stereocenters. The van der Waals surface area contributed by atoms with E-state index in [1.54, 1.807) is 12.1 Å². The first-order chi connectivity index (χ1) is 11.1. The van der Waals surface area contributed by atoms with Gasteiger partial charge in [-0.05, 0) is 42.0 Å². The zero-order chi connectivity index (χ0) is 16.4. The average molecular weight is 332 g/mol. The maximum atomic E-state index is 12.3. The molecule has 0 spiro atoms. The van der Waals surface area contributed by atoms with Crippen LogP contribution < -0.4 is 5.32 Å². The Bertz CT molecular complexity index is 714. The lowest BCUT2D eigenvalue weighted by atomic mass is 10.0. The summed E-state index contributed by atoms with van der Waals surface area (Å²) in [5, 5.41) is 22.7. The van der Waals surface area contributed by atoms with E-state index < -0.39 is 12.0 Å². The van der Waals surface area contributed by atoms with Gasteiger partial charge in [0.1, 0.15) is 5.75 Å². The van der Waals surface area contributed by atoms with E-state index in [9.17, 15) is 15.0 Å². The van der Waals surface area contributed by atoms with Crippen LogP contribution in [0.5, 0.6) is 5.75 Å². The number of aromatic hydroxyl groups is 1. The Balaban J connectivity index is 1.82. The first-order valence-electron chi connectivity index (χ1n) is 7.60. The molecule has 0 aromatic heterocycles. The van der Waals surface area contributed by atoms with Crippen LogP contribution in [0, 0.1) is 5.92 Å². The lowest BCUT2D eigenvalue weighted by molar-refractivity contribution is 0.0898. The van der Waals surface area contributed by atoms with Crippen LogP contribution in [0.2, 0.25) is 5.02 Å². The summed E-state index contributed by atoms with van der Waals surface area (Å²) in [5.74, 6) is -0.408. The maximum Gasteiger partial charge on any atom is 0.255 e. The number of carbonyl (C=O) groups excluding carboxylic acids is 1. The molecule has 3 N–H and O–H groups in total. The van der Waals surface area contributed by atoms with Crippen LogP contribution in [-0.4, -0.2) is 28.8 Å². The molecule has 0 aliphatic heterocycles. The molecule has 0 saturated heterocycles. The van der Waals surface area contributed by atoms with E-state index >= 15 is 0 Å². The van der Waals surface area contributed by atoms with Crippen molar-refractivity contribution in [2.24, 2.45) is 5.92 Å². The lowest BCUT2D eigenvalue weighted by Gasteiger charge is -2.13. The van der Waals surface area contributed by atoms with Crippen LogP contribution >= 0.6 is 11.6 Å². The molecular weight excluding hydrogens is 314 g/mol. The van der Waals surface area contributed by atoms with Gasteiger partial charge >= 0.3 is 0 Å². The highest BCUT2D eigenvalue weighted by Crippen LogP contribution is 2.34. The van der Waals surface area contributed by atoms with E-state index in [0.29, 0.717) is 0 Å². The number of phenols is 1. The molecule has 120 valence electrons. The van der Waals surface area contributed by atoms with Gasteiger partial charge in [-0.2, -0.15) is 0 Å². The van der Waals surface area contributed by atoms with E-state index in [4.69, 9.17) is 11.6 Å². The van der Waals surface area contributed by atoms with E-state index in [0.717, 1.165) is 24.0 Å². The topological polar surface area (TPSA) is 69.6 Å². The normalized spacial score (nSPS) is 15.2. The molecule has 1 unspecified atom stereocenters. The minimum Gasteiger partial charge on any atom is -0.506 e. The number of aliphatic hydroxyl groups excluding tert-OH is 1. The number of carbonyl (C=O) groups is 1. The Morgan fingerprint density at radius 1 is 1.22 bits per heavy atom. The number of halogens is 1. The highest BCUT2D eigenvalue weighted by Gasteiger charge is 2.30. The summed E-state index contributed by atoms with van der Waals surface area (Å²) in [4.78, 5) is 12.3. The highest BCUT2D eigenvalue weighted by molar-refractivity contribution is 6.33. The van der Waals surface area contributed by atoms with Crippen molar-refractivity contribution in [3.63, 3.8) is 0 Å². The summed E-state index contributed by atoms with van der Waals surface area (Å²) in [7, 11) is 0. The summed E-state index contributed by atoms with van der Waals surface area (Å²) >= 11 is 6.06. The van der Waals surface area contributed by atoms with Crippen LogP contribution in [-0.2, 0) is 0 Å². The van der Waals surface area contributed by atoms with Gasteiger partial charge in [0.25, 0.3) is 5.91 Å². The van der Waals surface area contributed by atoms with Crippen molar-refractivity contribution in [1.82, 2.24) is 5.32 Å². The van der Waals surface area contributed by atoms with Gasteiger partial charge in [0, 0.05) is 6.54 Å². The number of nitrogens with one attached hydrogen (secondary N) is 1. The van der Waals surface area contributed by atoms with Crippen LogP contribution in [0.1, 0.15) is 23.2 Å². The minimum absolute atomic E-state index is 0.111. The maximum absolute atomic E-state index is 12.3. The lowest BCUT2D eigenvalue weighted by Crippen LogP contribution is -2.33. The number of hydrogen-bond donors (Lipinski definition) is 3. The number of hydrogen-bond acceptors (Lipinski definition) is 3. The Morgan fingerprint density at radius 2 is 1.91 bits per heavy atom. The van der Waals surface area contributed by atoms with Gasteiger partial charge in [0.2, 0.25) is 0 Å². The molecule has 0 bridgehead atoms. The molecule has 0 radical (unpaired) electrons. The molecule has 2 aromatic carbocycles. The van der Waals surface area contributed by atoms with Gasteiger partial charge in [-0.25, -0.2) is 0 Å². The molecule has 3 rings (SSSR count).